The number of piperidine rings is 1. The average Bonchev–Trinajstić information content (AvgIpc) is 3.10. The number of para-hydroxylation sites is 1. The number of amides is 1. The first kappa shape index (κ1) is 18.5. The molecule has 28 heavy (non-hydrogen) atoms. The van der Waals surface area contributed by atoms with E-state index in [1.807, 2.05) is 31.2 Å². The third-order valence-electron chi connectivity index (χ3n) is 5.45. The molecule has 0 atom stereocenters. The Hall–Kier alpha value is -2.86. The summed E-state index contributed by atoms with van der Waals surface area (Å²) in [6, 6.07) is 16.0. The first-order chi connectivity index (χ1) is 13.5. The molecule has 2 aliphatic rings. The molecule has 1 saturated heterocycles. The van der Waals surface area contributed by atoms with E-state index in [0.29, 0.717) is 13.1 Å². The number of benzene rings is 2. The van der Waals surface area contributed by atoms with Crippen molar-refractivity contribution in [2.75, 3.05) is 18.4 Å². The maximum Gasteiger partial charge on any atom is 0.430 e. The van der Waals surface area contributed by atoms with Gasteiger partial charge in [0.15, 0.2) is 0 Å². The zero-order valence-corrected chi connectivity index (χ0v) is 16.3. The molecular weight excluding hydrogens is 354 g/mol. The van der Waals surface area contributed by atoms with E-state index in [4.69, 9.17) is 9.68 Å². The maximum absolute atomic E-state index is 12.2. The van der Waals surface area contributed by atoms with Crippen molar-refractivity contribution in [1.82, 2.24) is 5.06 Å². The largest absolute Gasteiger partial charge is 0.430 e. The molecule has 1 fully saturated rings. The summed E-state index contributed by atoms with van der Waals surface area (Å²) in [5, 5.41) is 8.84. The van der Waals surface area contributed by atoms with E-state index in [1.165, 1.54) is 5.56 Å². The van der Waals surface area contributed by atoms with Crippen molar-refractivity contribution in [2.24, 2.45) is 5.16 Å². The van der Waals surface area contributed by atoms with Gasteiger partial charge in [0.1, 0.15) is 5.60 Å². The Morgan fingerprint density at radius 2 is 1.82 bits per heavy atom. The fourth-order valence-corrected chi connectivity index (χ4v) is 3.64. The highest BCUT2D eigenvalue weighted by Crippen LogP contribution is 2.36. The van der Waals surface area contributed by atoms with E-state index < -0.39 is 6.09 Å². The smallest absolute Gasteiger partial charge is 0.388 e. The van der Waals surface area contributed by atoms with Crippen molar-refractivity contribution >= 4 is 17.5 Å². The predicted octanol–water partition coefficient (Wildman–Crippen LogP) is 4.43. The molecule has 0 aromatic heterocycles. The van der Waals surface area contributed by atoms with Gasteiger partial charge in [-0.3, -0.25) is 5.32 Å². The van der Waals surface area contributed by atoms with Crippen LogP contribution in [0.2, 0.25) is 0 Å². The Bertz CT molecular complexity index is 884. The number of anilines is 1. The molecule has 0 aliphatic carbocycles. The summed E-state index contributed by atoms with van der Waals surface area (Å²) in [6.45, 7) is 5.27. The zero-order chi connectivity index (χ0) is 19.6. The molecule has 2 aromatic rings. The number of hydrogen-bond acceptors (Lipinski definition) is 5. The minimum atomic E-state index is -0.464. The van der Waals surface area contributed by atoms with Crippen LogP contribution in [0.1, 0.15) is 36.0 Å². The Kier molecular flexibility index (Phi) is 5.05. The second kappa shape index (κ2) is 7.64. The third-order valence-corrected chi connectivity index (χ3v) is 5.45. The van der Waals surface area contributed by atoms with Gasteiger partial charge in [-0.15, -0.1) is 5.06 Å². The summed E-state index contributed by atoms with van der Waals surface area (Å²) in [6.07, 6.45) is 1.86. The number of hydrogen-bond donors (Lipinski definition) is 1. The van der Waals surface area contributed by atoms with Crippen molar-refractivity contribution < 1.29 is 14.5 Å². The van der Waals surface area contributed by atoms with Crippen LogP contribution in [-0.4, -0.2) is 35.6 Å². The molecule has 0 radical (unpaired) electrons. The van der Waals surface area contributed by atoms with Crippen molar-refractivity contribution in [2.45, 2.75) is 38.7 Å². The number of carbonyl (C=O) groups is 1. The van der Waals surface area contributed by atoms with E-state index in [1.54, 1.807) is 5.06 Å². The van der Waals surface area contributed by atoms with Crippen LogP contribution in [0.4, 0.5) is 10.5 Å². The van der Waals surface area contributed by atoms with E-state index in [0.717, 1.165) is 41.8 Å². The van der Waals surface area contributed by atoms with Crippen LogP contribution in [0.5, 0.6) is 0 Å². The predicted molar refractivity (Wildman–Crippen MR) is 108 cm³/mol. The SMILES string of the molecule is Cc1ccc(C2=NOC3(CCN(OC(=O)Nc4ccccc4C)CC3)C2)cc1. The Balaban J connectivity index is 1.29. The molecule has 1 spiro atoms. The number of nitrogens with one attached hydrogen (secondary N) is 1. The molecule has 0 saturated carbocycles. The molecule has 6 nitrogen and oxygen atoms in total. The van der Waals surface area contributed by atoms with E-state index in [9.17, 15) is 4.79 Å². The molecule has 2 heterocycles. The quantitative estimate of drug-likeness (QED) is 0.857. The summed E-state index contributed by atoms with van der Waals surface area (Å²) in [5.74, 6) is 0. The second-order valence-corrected chi connectivity index (χ2v) is 7.60. The monoisotopic (exact) mass is 379 g/mol. The van der Waals surface area contributed by atoms with E-state index >= 15 is 0 Å². The van der Waals surface area contributed by atoms with Crippen LogP contribution in [0.3, 0.4) is 0 Å². The Morgan fingerprint density at radius 1 is 1.11 bits per heavy atom. The fraction of sp³-hybridized carbons (Fsp3) is 0.364. The van der Waals surface area contributed by atoms with Gasteiger partial charge >= 0.3 is 6.09 Å². The van der Waals surface area contributed by atoms with E-state index in [2.05, 4.69) is 41.7 Å². The second-order valence-electron chi connectivity index (χ2n) is 7.60. The van der Waals surface area contributed by atoms with Gasteiger partial charge in [0, 0.05) is 38.0 Å². The summed E-state index contributed by atoms with van der Waals surface area (Å²) < 4.78 is 0. The molecule has 4 rings (SSSR count). The standard InChI is InChI=1S/C22H25N3O3/c1-16-7-9-18(10-8-16)20-15-22(28-24-20)11-13-25(14-12-22)27-21(26)23-19-6-4-3-5-17(19)2/h3-10H,11-15H2,1-2H3,(H,23,26). The van der Waals surface area contributed by atoms with Gasteiger partial charge in [0.2, 0.25) is 0 Å². The third kappa shape index (κ3) is 4.02. The van der Waals surface area contributed by atoms with Crippen LogP contribution in [0.15, 0.2) is 53.7 Å². The maximum atomic E-state index is 12.2. The molecule has 0 unspecified atom stereocenters. The zero-order valence-electron chi connectivity index (χ0n) is 16.3. The fourth-order valence-electron chi connectivity index (χ4n) is 3.64. The van der Waals surface area contributed by atoms with Crippen molar-refractivity contribution in [1.29, 1.82) is 0 Å². The highest BCUT2D eigenvalue weighted by molar-refractivity contribution is 6.01. The lowest BCUT2D eigenvalue weighted by atomic mass is 9.86. The minimum absolute atomic E-state index is 0.285. The molecule has 2 aliphatic heterocycles. The van der Waals surface area contributed by atoms with Gasteiger partial charge in [0.25, 0.3) is 0 Å². The normalized spacial score (nSPS) is 18.4. The number of aryl methyl sites for hydroxylation is 2. The van der Waals surface area contributed by atoms with Gasteiger partial charge in [0.05, 0.1) is 5.71 Å². The van der Waals surface area contributed by atoms with Crippen molar-refractivity contribution in [3.63, 3.8) is 0 Å². The van der Waals surface area contributed by atoms with Crippen molar-refractivity contribution in [3.8, 4) is 0 Å². The van der Waals surface area contributed by atoms with Gasteiger partial charge in [-0.25, -0.2) is 4.79 Å². The minimum Gasteiger partial charge on any atom is -0.388 e. The lowest BCUT2D eigenvalue weighted by Gasteiger charge is -2.35. The Morgan fingerprint density at radius 3 is 2.54 bits per heavy atom. The summed E-state index contributed by atoms with van der Waals surface area (Å²) >= 11 is 0. The average molecular weight is 379 g/mol. The van der Waals surface area contributed by atoms with Gasteiger partial charge in [-0.05, 0) is 31.0 Å². The van der Waals surface area contributed by atoms with Gasteiger partial charge in [-0.2, -0.15) is 0 Å². The lowest BCUT2D eigenvalue weighted by Crippen LogP contribution is -2.45. The number of hydroxylamine groups is 2. The number of rotatable bonds is 3. The molecule has 2 aromatic carbocycles. The molecule has 6 heteroatoms. The summed E-state index contributed by atoms with van der Waals surface area (Å²) in [4.78, 5) is 23.5. The van der Waals surface area contributed by atoms with Gasteiger partial charge < -0.3 is 9.68 Å². The highest BCUT2D eigenvalue weighted by Gasteiger charge is 2.43. The first-order valence-electron chi connectivity index (χ1n) is 9.65. The number of oxime groups is 1. The number of nitrogens with zero attached hydrogens (tertiary/aromatic N) is 2. The summed E-state index contributed by atoms with van der Waals surface area (Å²) in [7, 11) is 0. The Labute approximate surface area is 165 Å². The first-order valence-corrected chi connectivity index (χ1v) is 9.65. The molecular formula is C22H25N3O3. The van der Waals surface area contributed by atoms with Crippen LogP contribution >= 0.6 is 0 Å². The molecule has 0 bridgehead atoms. The molecule has 1 N–H and O–H groups in total. The van der Waals surface area contributed by atoms with E-state index in [-0.39, 0.29) is 5.60 Å². The summed E-state index contributed by atoms with van der Waals surface area (Å²) in [5.41, 5.74) is 4.80. The van der Waals surface area contributed by atoms with Crippen molar-refractivity contribution in [3.05, 3.63) is 65.2 Å². The van der Waals surface area contributed by atoms with Crippen LogP contribution in [0, 0.1) is 13.8 Å². The molecule has 146 valence electrons. The molecule has 1 amide bonds. The highest BCUT2D eigenvalue weighted by atomic mass is 16.7. The lowest BCUT2D eigenvalue weighted by molar-refractivity contribution is -0.154. The van der Waals surface area contributed by atoms with Crippen LogP contribution < -0.4 is 5.32 Å². The van der Waals surface area contributed by atoms with Crippen LogP contribution in [-0.2, 0) is 9.68 Å². The number of carbonyl (C=O) groups excluding carboxylic acids is 1. The van der Waals surface area contributed by atoms with Gasteiger partial charge in [-0.1, -0.05) is 53.2 Å². The topological polar surface area (TPSA) is 63.2 Å². The van der Waals surface area contributed by atoms with Crippen LogP contribution in [0.25, 0.3) is 0 Å².